The lowest BCUT2D eigenvalue weighted by Gasteiger charge is -2.39. The predicted octanol–water partition coefficient (Wildman–Crippen LogP) is 12.0. The summed E-state index contributed by atoms with van der Waals surface area (Å²) in [7, 11) is -4.09. The minimum Gasteiger partial charge on any atom is -0.457 e. The smallest absolute Gasteiger partial charge is 0.362 e. The van der Waals surface area contributed by atoms with Crippen LogP contribution in [0.15, 0.2) is 60.2 Å². The van der Waals surface area contributed by atoms with Crippen molar-refractivity contribution in [3.8, 4) is 5.75 Å². The molecule has 0 aliphatic carbocycles. The van der Waals surface area contributed by atoms with Crippen molar-refractivity contribution in [3.63, 3.8) is 0 Å². The molecule has 1 N–H and O–H groups in total. The molecule has 10 unspecified atom stereocenters. The van der Waals surface area contributed by atoms with Gasteiger partial charge in [0.25, 0.3) is 5.69 Å². The molecule has 10 atom stereocenters. The summed E-state index contributed by atoms with van der Waals surface area (Å²) in [6.45, 7) is 29.8. The van der Waals surface area contributed by atoms with Crippen LogP contribution in [0.25, 0.3) is 0 Å². The summed E-state index contributed by atoms with van der Waals surface area (Å²) in [4.78, 5) is 48.8. The van der Waals surface area contributed by atoms with Crippen molar-refractivity contribution in [2.75, 3.05) is 0 Å². The first-order valence-electron chi connectivity index (χ1n) is 23.7. The molecule has 12 nitrogen and oxygen atoms in total. The number of epoxide rings is 1. The molecule has 1 saturated heterocycles. The van der Waals surface area contributed by atoms with Gasteiger partial charge in [-0.3, -0.25) is 19.8 Å². The molecule has 0 saturated carbocycles. The van der Waals surface area contributed by atoms with Gasteiger partial charge in [-0.15, -0.1) is 0 Å². The van der Waals surface area contributed by atoms with Crippen LogP contribution in [-0.4, -0.2) is 74.7 Å². The Kier molecular flexibility index (Phi) is 21.0. The normalized spacial score (nSPS) is 26.1. The van der Waals surface area contributed by atoms with E-state index in [1.807, 2.05) is 39.0 Å². The highest BCUT2D eigenvalue weighted by atomic mass is 28.4. The van der Waals surface area contributed by atoms with Crippen LogP contribution in [0.2, 0.25) is 35.3 Å². The number of allylic oxidation sites excluding steroid dienone is 2. The number of hydrogen-bond donors (Lipinski definition) is 1. The second-order valence-electron chi connectivity index (χ2n) is 19.2. The summed E-state index contributed by atoms with van der Waals surface area (Å²) >= 11 is 0. The first-order chi connectivity index (χ1) is 29.6. The van der Waals surface area contributed by atoms with E-state index in [2.05, 4.69) is 69.2 Å². The maximum absolute atomic E-state index is 13.9. The van der Waals surface area contributed by atoms with Crippen LogP contribution in [0.3, 0.4) is 0 Å². The Morgan fingerprint density at radius 3 is 2.11 bits per heavy atom. The van der Waals surface area contributed by atoms with Crippen LogP contribution < -0.4 is 4.89 Å². The van der Waals surface area contributed by atoms with Crippen molar-refractivity contribution in [1.29, 1.82) is 0 Å². The largest absolute Gasteiger partial charge is 0.457 e. The topological polar surface area (TPSA) is 156 Å². The van der Waals surface area contributed by atoms with E-state index in [0.717, 1.165) is 36.2 Å². The fraction of sp³-hybridized carbons (Fsp3) is 0.714. The average Bonchev–Trinajstić information content (AvgIpc) is 4.00. The van der Waals surface area contributed by atoms with Crippen LogP contribution in [0.5, 0.6) is 5.75 Å². The van der Waals surface area contributed by atoms with E-state index in [0.29, 0.717) is 30.3 Å². The van der Waals surface area contributed by atoms with Crippen LogP contribution in [0.1, 0.15) is 129 Å². The van der Waals surface area contributed by atoms with Gasteiger partial charge >= 0.3 is 11.9 Å². The molecule has 1 aromatic rings. The molecule has 0 spiro atoms. The van der Waals surface area contributed by atoms with E-state index in [9.17, 15) is 24.8 Å². The second-order valence-corrected chi connectivity index (χ2v) is 29.0. The third-order valence-corrected chi connectivity index (χ3v) is 24.7. The highest BCUT2D eigenvalue weighted by Gasteiger charge is 2.49. The molecule has 1 aromatic carbocycles. The lowest BCUT2D eigenvalue weighted by Crippen LogP contribution is -2.46. The first kappa shape index (κ1) is 54.2. The summed E-state index contributed by atoms with van der Waals surface area (Å²) in [6, 6.07) is 9.30. The van der Waals surface area contributed by atoms with E-state index < -0.39 is 51.3 Å². The highest BCUT2D eigenvalue weighted by Crippen LogP contribution is 2.41. The zero-order valence-corrected chi connectivity index (χ0v) is 42.9. The fourth-order valence-electron chi connectivity index (χ4n) is 9.39. The van der Waals surface area contributed by atoms with Crippen LogP contribution in [-0.2, 0) is 32.8 Å². The average molecular weight is 916 g/mol. The Morgan fingerprint density at radius 1 is 0.968 bits per heavy atom. The van der Waals surface area contributed by atoms with Crippen molar-refractivity contribution >= 4 is 34.3 Å². The van der Waals surface area contributed by atoms with Gasteiger partial charge in [-0.05, 0) is 92.0 Å². The summed E-state index contributed by atoms with van der Waals surface area (Å²) in [5.41, 5.74) is 0.388. The van der Waals surface area contributed by atoms with Crippen molar-refractivity contribution in [3.05, 3.63) is 70.3 Å². The van der Waals surface area contributed by atoms with E-state index in [1.54, 1.807) is 19.1 Å². The van der Waals surface area contributed by atoms with E-state index in [4.69, 9.17) is 28.1 Å². The quantitative estimate of drug-likeness (QED) is 0.0173. The number of rotatable bonds is 22. The number of cyclic esters (lactones) is 1. The molecular formula is C49H81NO11Si2. The molecule has 0 radical (unpaired) electrons. The number of nitro groups is 1. The van der Waals surface area contributed by atoms with Gasteiger partial charge in [0.05, 0.1) is 41.2 Å². The van der Waals surface area contributed by atoms with Crippen LogP contribution in [0.4, 0.5) is 5.69 Å². The molecule has 1 fully saturated rings. The first-order valence-corrected chi connectivity index (χ1v) is 28.5. The molecule has 2 heterocycles. The number of ether oxygens (including phenoxy) is 2. The third kappa shape index (κ3) is 15.2. The van der Waals surface area contributed by atoms with Crippen molar-refractivity contribution in [1.82, 2.24) is 0 Å². The fourth-order valence-corrected chi connectivity index (χ4v) is 16.7. The second kappa shape index (κ2) is 24.4. The molecule has 14 heteroatoms. The van der Waals surface area contributed by atoms with Gasteiger partial charge in [0.15, 0.2) is 22.4 Å². The molecule has 2 aliphatic heterocycles. The number of esters is 1. The number of carbonyl (C=O) groups excluding carboxylic acids is 2. The third-order valence-electron chi connectivity index (χ3n) is 14.1. The molecule has 3 rings (SSSR count). The van der Waals surface area contributed by atoms with Gasteiger partial charge in [0.2, 0.25) is 0 Å². The molecule has 356 valence electrons. The SMILES string of the molecule is CCC(O[Si](CC)(CC)C(C)C)C(C)C1OC1CC(C)(O)C=CC=C(C)C1OC(=O)CC(O[Si](CC)(CC)C(C)C)CCC(C)C(C(=O)OOc2ccc([N+](=O)[O-])cc2)C=CC1C. The minimum absolute atomic E-state index is 0.0245. The number of nitrogens with zero attached hydrogens (tertiary/aromatic N) is 1. The van der Waals surface area contributed by atoms with E-state index in [-0.39, 0.29) is 59.9 Å². The van der Waals surface area contributed by atoms with E-state index >= 15 is 0 Å². The molecule has 63 heavy (non-hydrogen) atoms. The standard InChI is InChI=1S/C49H81NO11Si2/c1-15-43(61-63(18-4,19-5)34(8)9)38(13)47-44(56-47)32-49(14,53)30-20-21-36(11)46-37(12)23-29-42(48(52)59-58-40-27-24-39(25-28-40)50(54)55)35(10)22-26-41(31-45(51)57-46)60-62(16-2,17-3)33(6)7/h20-21,23-25,27-30,33-35,37-38,41-44,46-47,53H,15-19,22,26,31-32H2,1-14H3. The maximum Gasteiger partial charge on any atom is 0.362 e. The van der Waals surface area contributed by atoms with Crippen molar-refractivity contribution < 1.29 is 47.7 Å². The number of nitro benzene ring substituents is 1. The molecule has 0 amide bonds. The number of benzene rings is 1. The predicted molar refractivity (Wildman–Crippen MR) is 254 cm³/mol. The molecular weight excluding hydrogens is 835 g/mol. The van der Waals surface area contributed by atoms with Crippen molar-refractivity contribution in [2.45, 2.75) is 200 Å². The Hall–Kier alpha value is -3.15. The van der Waals surface area contributed by atoms with Gasteiger partial charge in [0, 0.05) is 36.5 Å². The zero-order valence-electron chi connectivity index (χ0n) is 40.9. The summed E-state index contributed by atoms with van der Waals surface area (Å²) in [5.74, 6) is -1.86. The van der Waals surface area contributed by atoms with E-state index in [1.165, 1.54) is 24.3 Å². The molecule has 2 aliphatic rings. The maximum atomic E-state index is 13.9. The Labute approximate surface area is 380 Å². The van der Waals surface area contributed by atoms with Gasteiger partial charge in [0.1, 0.15) is 6.10 Å². The van der Waals surface area contributed by atoms with Gasteiger partial charge in [-0.2, -0.15) is 0 Å². The lowest BCUT2D eigenvalue weighted by molar-refractivity contribution is -0.384. The summed E-state index contributed by atoms with van der Waals surface area (Å²) in [6.07, 6.45) is 10.7. The van der Waals surface area contributed by atoms with Gasteiger partial charge < -0.3 is 23.4 Å². The minimum atomic E-state index is -2.22. The summed E-state index contributed by atoms with van der Waals surface area (Å²) in [5, 5.41) is 22.6. The number of aliphatic hydroxyl groups is 1. The lowest BCUT2D eigenvalue weighted by atomic mass is 9.86. The van der Waals surface area contributed by atoms with Gasteiger partial charge in [-0.1, -0.05) is 113 Å². The Bertz CT molecular complexity index is 1700. The monoisotopic (exact) mass is 916 g/mol. The Balaban J connectivity index is 1.85. The number of hydrogen-bond acceptors (Lipinski definition) is 11. The number of carbonyl (C=O) groups is 2. The van der Waals surface area contributed by atoms with Crippen LogP contribution in [0, 0.1) is 33.8 Å². The number of non-ortho nitro benzene ring substituents is 1. The van der Waals surface area contributed by atoms with Crippen LogP contribution >= 0.6 is 0 Å². The summed E-state index contributed by atoms with van der Waals surface area (Å²) < 4.78 is 26.5. The van der Waals surface area contributed by atoms with Crippen molar-refractivity contribution in [2.24, 2.45) is 23.7 Å². The Morgan fingerprint density at radius 2 is 1.57 bits per heavy atom. The van der Waals surface area contributed by atoms with Gasteiger partial charge in [-0.25, -0.2) is 9.68 Å². The molecule has 0 aromatic heterocycles. The molecule has 0 bridgehead atoms. The zero-order chi connectivity index (χ0) is 47.3. The highest BCUT2D eigenvalue weighted by molar-refractivity contribution is 6.75.